The average Bonchev–Trinajstić information content (AvgIpc) is 2.85. The molecule has 1 amide bonds. The van der Waals surface area contributed by atoms with Crippen molar-refractivity contribution in [1.29, 1.82) is 0 Å². The van der Waals surface area contributed by atoms with Crippen molar-refractivity contribution < 1.29 is 4.79 Å². The van der Waals surface area contributed by atoms with Crippen molar-refractivity contribution in [2.24, 2.45) is 5.92 Å². The molecule has 2 N–H and O–H groups in total. The number of aromatic amines is 1. The predicted molar refractivity (Wildman–Crippen MR) is 79.5 cm³/mol. The highest BCUT2D eigenvalue weighted by Crippen LogP contribution is 2.07. The van der Waals surface area contributed by atoms with Gasteiger partial charge in [0.05, 0.1) is 0 Å². The largest absolute Gasteiger partial charge is 0.347 e. The van der Waals surface area contributed by atoms with Crippen molar-refractivity contribution in [3.63, 3.8) is 0 Å². The molecule has 0 radical (unpaired) electrons. The second kappa shape index (κ2) is 6.37. The van der Waals surface area contributed by atoms with E-state index >= 15 is 0 Å². The van der Waals surface area contributed by atoms with Crippen LogP contribution in [-0.2, 0) is 13.0 Å². The predicted octanol–water partition coefficient (Wildman–Crippen LogP) is 2.85. The van der Waals surface area contributed by atoms with E-state index in [1.807, 2.05) is 37.3 Å². The van der Waals surface area contributed by atoms with Crippen LogP contribution in [0, 0.1) is 12.8 Å². The van der Waals surface area contributed by atoms with Crippen LogP contribution in [-0.4, -0.2) is 16.1 Å². The Bertz CT molecular complexity index is 570. The molecule has 1 aromatic heterocycles. The zero-order valence-electron chi connectivity index (χ0n) is 12.2. The number of H-pyrrole nitrogens is 1. The minimum atomic E-state index is -0.142. The monoisotopic (exact) mass is 271 g/mol. The summed E-state index contributed by atoms with van der Waals surface area (Å²) in [5.41, 5.74) is 3.75. The Kier molecular flexibility index (Phi) is 4.56. The van der Waals surface area contributed by atoms with Gasteiger partial charge in [0, 0.05) is 12.2 Å². The van der Waals surface area contributed by atoms with Gasteiger partial charge in [-0.3, -0.25) is 9.89 Å². The Labute approximate surface area is 119 Å². The van der Waals surface area contributed by atoms with Gasteiger partial charge in [-0.05, 0) is 30.9 Å². The Morgan fingerprint density at radius 1 is 1.30 bits per heavy atom. The molecular formula is C16H21N3O. The summed E-state index contributed by atoms with van der Waals surface area (Å²) in [5, 5.41) is 9.85. The number of amides is 1. The fraction of sp³-hybridized carbons (Fsp3) is 0.375. The third-order valence-electron chi connectivity index (χ3n) is 3.07. The maximum Gasteiger partial charge on any atom is 0.272 e. The number of aryl methyl sites for hydroxylation is 1. The quantitative estimate of drug-likeness (QED) is 0.878. The van der Waals surface area contributed by atoms with E-state index in [0.29, 0.717) is 18.2 Å². The van der Waals surface area contributed by atoms with E-state index < -0.39 is 0 Å². The van der Waals surface area contributed by atoms with Gasteiger partial charge >= 0.3 is 0 Å². The molecule has 0 fully saturated rings. The molecule has 0 aliphatic heterocycles. The molecule has 0 aliphatic carbocycles. The molecule has 4 heteroatoms. The number of carbonyl (C=O) groups excluding carboxylic acids is 1. The number of hydrogen-bond acceptors (Lipinski definition) is 2. The molecule has 0 saturated heterocycles. The zero-order chi connectivity index (χ0) is 14.5. The van der Waals surface area contributed by atoms with E-state index in [0.717, 1.165) is 17.7 Å². The van der Waals surface area contributed by atoms with Gasteiger partial charge in [0.15, 0.2) is 0 Å². The maximum atomic E-state index is 12.0. The first kappa shape index (κ1) is 14.3. The molecule has 2 rings (SSSR count). The van der Waals surface area contributed by atoms with Crippen LogP contribution in [0.25, 0.3) is 0 Å². The standard InChI is InChI=1S/C16H21N3O/c1-11(2)8-14-9-15(19-18-14)16(20)17-10-13-6-4-12(3)5-7-13/h4-7,9,11H,8,10H2,1-3H3,(H,17,20)(H,18,19). The zero-order valence-corrected chi connectivity index (χ0v) is 12.2. The summed E-state index contributed by atoms with van der Waals surface area (Å²) in [6, 6.07) is 9.94. The van der Waals surface area contributed by atoms with Crippen LogP contribution in [0.4, 0.5) is 0 Å². The molecule has 0 unspecified atom stereocenters. The van der Waals surface area contributed by atoms with Crippen molar-refractivity contribution in [2.75, 3.05) is 0 Å². The van der Waals surface area contributed by atoms with Crippen LogP contribution in [0.2, 0.25) is 0 Å². The lowest BCUT2D eigenvalue weighted by molar-refractivity contribution is 0.0946. The van der Waals surface area contributed by atoms with Gasteiger partial charge in [0.1, 0.15) is 5.69 Å². The summed E-state index contributed by atoms with van der Waals surface area (Å²) in [4.78, 5) is 12.0. The van der Waals surface area contributed by atoms with E-state index in [4.69, 9.17) is 0 Å². The van der Waals surface area contributed by atoms with Crippen LogP contribution in [0.1, 0.15) is 41.2 Å². The van der Waals surface area contributed by atoms with E-state index in [9.17, 15) is 4.79 Å². The Morgan fingerprint density at radius 2 is 2.00 bits per heavy atom. The number of nitrogens with one attached hydrogen (secondary N) is 2. The second-order valence-electron chi connectivity index (χ2n) is 5.54. The summed E-state index contributed by atoms with van der Waals surface area (Å²) >= 11 is 0. The third kappa shape index (κ3) is 3.95. The number of nitrogens with zero attached hydrogens (tertiary/aromatic N) is 1. The van der Waals surface area contributed by atoms with Crippen LogP contribution < -0.4 is 5.32 Å². The number of aromatic nitrogens is 2. The molecule has 106 valence electrons. The van der Waals surface area contributed by atoms with E-state index in [-0.39, 0.29) is 5.91 Å². The van der Waals surface area contributed by atoms with Crippen molar-refractivity contribution in [3.05, 3.63) is 52.8 Å². The summed E-state index contributed by atoms with van der Waals surface area (Å²) in [6.45, 7) is 6.84. The van der Waals surface area contributed by atoms with Gasteiger partial charge in [0.2, 0.25) is 0 Å². The Balaban J connectivity index is 1.91. The molecule has 1 aromatic carbocycles. The molecule has 2 aromatic rings. The Morgan fingerprint density at radius 3 is 2.65 bits per heavy atom. The lowest BCUT2D eigenvalue weighted by Gasteiger charge is -2.03. The highest BCUT2D eigenvalue weighted by molar-refractivity contribution is 5.92. The number of rotatable bonds is 5. The first-order chi connectivity index (χ1) is 9.54. The average molecular weight is 271 g/mol. The second-order valence-corrected chi connectivity index (χ2v) is 5.54. The molecule has 0 spiro atoms. The van der Waals surface area contributed by atoms with Crippen molar-refractivity contribution in [2.45, 2.75) is 33.7 Å². The smallest absolute Gasteiger partial charge is 0.272 e. The highest BCUT2D eigenvalue weighted by Gasteiger charge is 2.10. The molecule has 0 saturated carbocycles. The normalized spacial score (nSPS) is 10.8. The van der Waals surface area contributed by atoms with Gasteiger partial charge in [-0.15, -0.1) is 0 Å². The fourth-order valence-corrected chi connectivity index (χ4v) is 2.00. The summed E-state index contributed by atoms with van der Waals surface area (Å²) < 4.78 is 0. The van der Waals surface area contributed by atoms with Crippen LogP contribution in [0.5, 0.6) is 0 Å². The van der Waals surface area contributed by atoms with Crippen molar-refractivity contribution >= 4 is 5.91 Å². The van der Waals surface area contributed by atoms with Gasteiger partial charge in [-0.25, -0.2) is 0 Å². The molecule has 0 bridgehead atoms. The van der Waals surface area contributed by atoms with Crippen molar-refractivity contribution in [3.8, 4) is 0 Å². The van der Waals surface area contributed by atoms with Crippen LogP contribution in [0.3, 0.4) is 0 Å². The SMILES string of the molecule is Cc1ccc(CNC(=O)c2cc(CC(C)C)[nH]n2)cc1. The van der Waals surface area contributed by atoms with E-state index in [1.54, 1.807) is 0 Å². The van der Waals surface area contributed by atoms with E-state index in [2.05, 4.69) is 29.4 Å². The lowest BCUT2D eigenvalue weighted by Crippen LogP contribution is -2.23. The summed E-state index contributed by atoms with van der Waals surface area (Å²) in [7, 11) is 0. The number of benzene rings is 1. The molecular weight excluding hydrogens is 250 g/mol. The summed E-state index contributed by atoms with van der Waals surface area (Å²) in [5.74, 6) is 0.399. The number of carbonyl (C=O) groups is 1. The molecule has 0 atom stereocenters. The first-order valence-corrected chi connectivity index (χ1v) is 6.92. The lowest BCUT2D eigenvalue weighted by atomic mass is 10.1. The fourth-order valence-electron chi connectivity index (χ4n) is 2.00. The highest BCUT2D eigenvalue weighted by atomic mass is 16.1. The van der Waals surface area contributed by atoms with E-state index in [1.165, 1.54) is 5.56 Å². The minimum absolute atomic E-state index is 0.142. The minimum Gasteiger partial charge on any atom is -0.347 e. The van der Waals surface area contributed by atoms with Gasteiger partial charge in [-0.2, -0.15) is 5.10 Å². The molecule has 1 heterocycles. The molecule has 0 aliphatic rings. The topological polar surface area (TPSA) is 57.8 Å². The van der Waals surface area contributed by atoms with Crippen LogP contribution in [0.15, 0.2) is 30.3 Å². The third-order valence-corrected chi connectivity index (χ3v) is 3.07. The summed E-state index contributed by atoms with van der Waals surface area (Å²) in [6.07, 6.45) is 0.901. The Hall–Kier alpha value is -2.10. The first-order valence-electron chi connectivity index (χ1n) is 6.92. The number of hydrogen-bond donors (Lipinski definition) is 2. The molecule has 20 heavy (non-hydrogen) atoms. The van der Waals surface area contributed by atoms with Gasteiger partial charge < -0.3 is 5.32 Å². The van der Waals surface area contributed by atoms with Gasteiger partial charge in [0.25, 0.3) is 5.91 Å². The van der Waals surface area contributed by atoms with Gasteiger partial charge in [-0.1, -0.05) is 43.7 Å². The van der Waals surface area contributed by atoms with Crippen molar-refractivity contribution in [1.82, 2.24) is 15.5 Å². The van der Waals surface area contributed by atoms with Crippen LogP contribution >= 0.6 is 0 Å². The maximum absolute atomic E-state index is 12.0. The molecule has 4 nitrogen and oxygen atoms in total.